The van der Waals surface area contributed by atoms with Crippen molar-refractivity contribution in [2.75, 3.05) is 38.6 Å². The van der Waals surface area contributed by atoms with Gasteiger partial charge in [0.1, 0.15) is 5.00 Å². The number of carbonyl (C=O) groups excluding carboxylic acids is 1. The van der Waals surface area contributed by atoms with Crippen molar-refractivity contribution in [2.45, 2.75) is 39.2 Å². The fourth-order valence-corrected chi connectivity index (χ4v) is 5.23. The molecule has 5 nitrogen and oxygen atoms in total. The minimum atomic E-state index is -0.290. The first-order valence-corrected chi connectivity index (χ1v) is 9.78. The lowest BCUT2D eigenvalue weighted by atomic mass is 10.1. The maximum atomic E-state index is 12.2. The Bertz CT molecular complexity index is 644. The summed E-state index contributed by atoms with van der Waals surface area (Å²) >= 11 is 7.22. The number of rotatable bonds is 3. The minimum Gasteiger partial charge on any atom is -0.465 e. The number of carbonyl (C=O) groups is 1. The van der Waals surface area contributed by atoms with Crippen molar-refractivity contribution < 1.29 is 9.53 Å². The summed E-state index contributed by atoms with van der Waals surface area (Å²) in [6, 6.07) is 0.620. The Morgan fingerprint density at radius 1 is 1.42 bits per heavy atom. The first-order valence-electron chi connectivity index (χ1n) is 8.55. The number of thiocarbonyl (C=S) groups is 1. The Labute approximate surface area is 153 Å². The molecule has 0 aromatic carbocycles. The molecular formula is C17H25N3O2S2. The molecule has 2 saturated heterocycles. The topological polar surface area (TPSA) is 44.8 Å². The van der Waals surface area contributed by atoms with Gasteiger partial charge < -0.3 is 15.0 Å². The number of hydrogen-bond donors (Lipinski definition) is 1. The average Bonchev–Trinajstić information content (AvgIpc) is 3.16. The standard InChI is InChI=1S/C17H25N3O2S2/c1-4-13-11(2)24-15(14(13)16(21)22-3)18-17(23)20-9-8-19-7-5-6-12(19)10-20/h12H,4-10H2,1-3H3,(H,18,23)/t12-/m0/s1. The third-order valence-electron chi connectivity index (χ3n) is 5.05. The van der Waals surface area contributed by atoms with Crippen LogP contribution in [-0.4, -0.2) is 60.2 Å². The zero-order chi connectivity index (χ0) is 17.3. The molecule has 3 rings (SSSR count). The molecule has 0 aliphatic carbocycles. The lowest BCUT2D eigenvalue weighted by Gasteiger charge is -2.38. The zero-order valence-corrected chi connectivity index (χ0v) is 16.2. The number of hydrogen-bond acceptors (Lipinski definition) is 5. The number of nitrogens with zero attached hydrogens (tertiary/aromatic N) is 2. The van der Waals surface area contributed by atoms with E-state index in [-0.39, 0.29) is 5.97 Å². The molecule has 2 aliphatic rings. The summed E-state index contributed by atoms with van der Waals surface area (Å²) in [5.41, 5.74) is 1.70. The van der Waals surface area contributed by atoms with Crippen molar-refractivity contribution in [3.8, 4) is 0 Å². The average molecular weight is 368 g/mol. The number of esters is 1. The van der Waals surface area contributed by atoms with E-state index >= 15 is 0 Å². The van der Waals surface area contributed by atoms with E-state index in [0.717, 1.165) is 46.6 Å². The van der Waals surface area contributed by atoms with Crippen molar-refractivity contribution in [3.05, 3.63) is 16.0 Å². The van der Waals surface area contributed by atoms with Crippen LogP contribution in [0, 0.1) is 6.92 Å². The highest BCUT2D eigenvalue weighted by molar-refractivity contribution is 7.80. The molecular weight excluding hydrogens is 342 g/mol. The van der Waals surface area contributed by atoms with Gasteiger partial charge in [0.15, 0.2) is 5.11 Å². The summed E-state index contributed by atoms with van der Waals surface area (Å²) in [6.45, 7) is 8.31. The molecule has 2 fully saturated rings. The van der Waals surface area contributed by atoms with E-state index in [1.807, 2.05) is 6.92 Å². The van der Waals surface area contributed by atoms with E-state index in [4.69, 9.17) is 17.0 Å². The van der Waals surface area contributed by atoms with E-state index in [2.05, 4.69) is 22.0 Å². The molecule has 0 unspecified atom stereocenters. The highest BCUT2D eigenvalue weighted by Gasteiger charge is 2.32. The molecule has 7 heteroatoms. The Morgan fingerprint density at radius 3 is 2.92 bits per heavy atom. The summed E-state index contributed by atoms with van der Waals surface area (Å²) in [6.07, 6.45) is 3.35. The highest BCUT2D eigenvalue weighted by Crippen LogP contribution is 2.34. The van der Waals surface area contributed by atoms with Crippen LogP contribution in [-0.2, 0) is 11.2 Å². The van der Waals surface area contributed by atoms with Crippen molar-refractivity contribution in [1.82, 2.24) is 9.80 Å². The first kappa shape index (κ1) is 17.6. The first-order chi connectivity index (χ1) is 11.5. The quantitative estimate of drug-likeness (QED) is 0.655. The molecule has 0 spiro atoms. The van der Waals surface area contributed by atoms with Gasteiger partial charge in [-0.15, -0.1) is 11.3 Å². The van der Waals surface area contributed by atoms with Gasteiger partial charge in [-0.1, -0.05) is 6.92 Å². The summed E-state index contributed by atoms with van der Waals surface area (Å²) < 4.78 is 4.98. The highest BCUT2D eigenvalue weighted by atomic mass is 32.1. The van der Waals surface area contributed by atoms with Gasteiger partial charge >= 0.3 is 5.97 Å². The van der Waals surface area contributed by atoms with Crippen LogP contribution in [0.2, 0.25) is 0 Å². The molecule has 2 aliphatic heterocycles. The fourth-order valence-electron chi connectivity index (χ4n) is 3.76. The lowest BCUT2D eigenvalue weighted by Crippen LogP contribution is -2.53. The van der Waals surface area contributed by atoms with Gasteiger partial charge in [-0.3, -0.25) is 4.90 Å². The number of anilines is 1. The molecule has 1 atom stereocenters. The molecule has 0 bridgehead atoms. The Balaban J connectivity index is 1.75. The van der Waals surface area contributed by atoms with Crippen LogP contribution in [0.25, 0.3) is 0 Å². The van der Waals surface area contributed by atoms with Gasteiger partial charge in [0.2, 0.25) is 0 Å². The van der Waals surface area contributed by atoms with Crippen LogP contribution in [0.15, 0.2) is 0 Å². The lowest BCUT2D eigenvalue weighted by molar-refractivity contribution is 0.0601. The van der Waals surface area contributed by atoms with Crippen LogP contribution in [0.5, 0.6) is 0 Å². The second-order valence-corrected chi connectivity index (χ2v) is 8.01. The normalized spacial score (nSPS) is 20.8. The summed E-state index contributed by atoms with van der Waals surface area (Å²) in [5.74, 6) is -0.290. The van der Waals surface area contributed by atoms with Crippen molar-refractivity contribution in [1.29, 1.82) is 0 Å². The molecule has 24 heavy (non-hydrogen) atoms. The maximum Gasteiger partial charge on any atom is 0.341 e. The fraction of sp³-hybridized carbons (Fsp3) is 0.647. The SMILES string of the molecule is CCc1c(C)sc(NC(=S)N2CCN3CCC[C@H]3C2)c1C(=O)OC. The van der Waals surface area contributed by atoms with E-state index in [9.17, 15) is 4.79 Å². The molecule has 1 N–H and O–H groups in total. The van der Waals surface area contributed by atoms with E-state index in [1.165, 1.54) is 26.5 Å². The number of thiophene rings is 1. The van der Waals surface area contributed by atoms with E-state index in [0.29, 0.717) is 11.6 Å². The predicted octanol–water partition coefficient (Wildman–Crippen LogP) is 2.88. The number of piperazine rings is 1. The number of nitrogens with one attached hydrogen (secondary N) is 1. The molecule has 1 aromatic rings. The number of ether oxygens (including phenoxy) is 1. The Hall–Kier alpha value is -1.18. The third-order valence-corrected chi connectivity index (χ3v) is 6.47. The third kappa shape index (κ3) is 3.30. The van der Waals surface area contributed by atoms with Crippen LogP contribution >= 0.6 is 23.6 Å². The Kier molecular flexibility index (Phi) is 5.42. The van der Waals surface area contributed by atoms with Gasteiger partial charge in [-0.2, -0.15) is 0 Å². The number of methoxy groups -OCH3 is 1. The number of fused-ring (bicyclic) bond motifs is 1. The monoisotopic (exact) mass is 367 g/mol. The molecule has 0 saturated carbocycles. The van der Waals surface area contributed by atoms with Crippen molar-refractivity contribution >= 4 is 39.6 Å². The largest absolute Gasteiger partial charge is 0.465 e. The molecule has 0 amide bonds. The van der Waals surface area contributed by atoms with Crippen LogP contribution < -0.4 is 5.32 Å². The Morgan fingerprint density at radius 2 is 2.21 bits per heavy atom. The maximum absolute atomic E-state index is 12.2. The molecule has 132 valence electrons. The van der Waals surface area contributed by atoms with E-state index in [1.54, 1.807) is 11.3 Å². The minimum absolute atomic E-state index is 0.290. The van der Waals surface area contributed by atoms with Crippen LogP contribution in [0.4, 0.5) is 5.00 Å². The van der Waals surface area contributed by atoms with Gasteiger partial charge in [0.25, 0.3) is 0 Å². The zero-order valence-electron chi connectivity index (χ0n) is 14.6. The van der Waals surface area contributed by atoms with E-state index < -0.39 is 0 Å². The van der Waals surface area contributed by atoms with Gasteiger partial charge in [-0.05, 0) is 50.5 Å². The molecule has 3 heterocycles. The number of aryl methyl sites for hydroxylation is 1. The van der Waals surface area contributed by atoms with Crippen molar-refractivity contribution in [2.24, 2.45) is 0 Å². The predicted molar refractivity (Wildman–Crippen MR) is 102 cm³/mol. The molecule has 1 aromatic heterocycles. The second-order valence-electron chi connectivity index (χ2n) is 6.39. The molecule has 0 radical (unpaired) electrons. The summed E-state index contributed by atoms with van der Waals surface area (Å²) in [4.78, 5) is 18.2. The summed E-state index contributed by atoms with van der Waals surface area (Å²) in [5, 5.41) is 4.86. The van der Waals surface area contributed by atoms with Crippen molar-refractivity contribution in [3.63, 3.8) is 0 Å². The van der Waals surface area contributed by atoms with Gasteiger partial charge in [0, 0.05) is 30.6 Å². The smallest absolute Gasteiger partial charge is 0.341 e. The van der Waals surface area contributed by atoms with Gasteiger partial charge in [-0.25, -0.2) is 4.79 Å². The second kappa shape index (κ2) is 7.37. The van der Waals surface area contributed by atoms with Crippen LogP contribution in [0.3, 0.4) is 0 Å². The van der Waals surface area contributed by atoms with Crippen LogP contribution in [0.1, 0.15) is 40.6 Å². The summed E-state index contributed by atoms with van der Waals surface area (Å²) in [7, 11) is 1.43. The van der Waals surface area contributed by atoms with Gasteiger partial charge in [0.05, 0.1) is 12.7 Å².